The Hall–Kier alpha value is -3.95. The van der Waals surface area contributed by atoms with Gasteiger partial charge in [-0.1, -0.05) is 12.1 Å². The third kappa shape index (κ3) is 6.76. The van der Waals surface area contributed by atoms with Crippen LogP contribution in [0.4, 0.5) is 11.5 Å². The van der Waals surface area contributed by atoms with Crippen molar-refractivity contribution in [3.63, 3.8) is 0 Å². The summed E-state index contributed by atoms with van der Waals surface area (Å²) in [7, 11) is 0. The Morgan fingerprint density at radius 2 is 2.09 bits per heavy atom. The number of nitrogens with one attached hydrogen (secondary N) is 1. The Morgan fingerprint density at radius 3 is 2.88 bits per heavy atom. The van der Waals surface area contributed by atoms with E-state index in [0.717, 1.165) is 19.3 Å². The predicted octanol–water partition coefficient (Wildman–Crippen LogP) is 4.87. The van der Waals surface area contributed by atoms with Crippen molar-refractivity contribution in [3.8, 4) is 17.2 Å². The van der Waals surface area contributed by atoms with E-state index in [1.54, 1.807) is 43.5 Å². The van der Waals surface area contributed by atoms with Crippen LogP contribution in [0, 0.1) is 10.1 Å². The van der Waals surface area contributed by atoms with Crippen LogP contribution in [-0.2, 0) is 4.74 Å². The number of nitrogens with zero attached hydrogens (tertiary/aromatic N) is 3. The van der Waals surface area contributed by atoms with E-state index in [1.807, 2.05) is 6.92 Å². The zero-order valence-corrected chi connectivity index (χ0v) is 18.5. The molecule has 1 aromatic carbocycles. The average Bonchev–Trinajstić information content (AvgIpc) is 3.30. The van der Waals surface area contributed by atoms with Gasteiger partial charge in [0.15, 0.2) is 11.4 Å². The number of unbranched alkanes of at least 4 members (excludes halogenated alkanes) is 1. The highest BCUT2D eigenvalue weighted by Crippen LogP contribution is 2.26. The van der Waals surface area contributed by atoms with Crippen molar-refractivity contribution in [3.05, 3.63) is 64.7 Å². The summed E-state index contributed by atoms with van der Waals surface area (Å²) in [6.07, 6.45) is 5.41. The van der Waals surface area contributed by atoms with Crippen LogP contribution < -0.4 is 10.1 Å². The Balaban J connectivity index is 1.46. The highest BCUT2D eigenvalue weighted by Gasteiger charge is 2.15. The fraction of sp³-hybridized carbons (Fsp3) is 0.348. The van der Waals surface area contributed by atoms with Gasteiger partial charge in [-0.25, -0.2) is 14.8 Å². The summed E-state index contributed by atoms with van der Waals surface area (Å²) in [4.78, 5) is 30.9. The molecule has 3 rings (SSSR count). The number of oxazole rings is 1. The Kier molecular flexibility index (Phi) is 8.34. The lowest BCUT2D eigenvalue weighted by molar-refractivity contribution is -0.385. The number of esters is 1. The van der Waals surface area contributed by atoms with Gasteiger partial charge in [-0.05, 0) is 51.3 Å². The maximum Gasteiger partial charge on any atom is 0.360 e. The van der Waals surface area contributed by atoms with Crippen LogP contribution in [0.5, 0.6) is 5.75 Å². The highest BCUT2D eigenvalue weighted by molar-refractivity contribution is 5.87. The number of nitro groups is 1. The maximum atomic E-state index is 11.8. The van der Waals surface area contributed by atoms with Gasteiger partial charge < -0.3 is 19.2 Å². The molecule has 0 amide bonds. The molecule has 174 valence electrons. The van der Waals surface area contributed by atoms with Crippen molar-refractivity contribution >= 4 is 17.5 Å². The number of pyridine rings is 1. The first-order valence-electron chi connectivity index (χ1n) is 10.7. The normalized spacial score (nSPS) is 11.6. The lowest BCUT2D eigenvalue weighted by Crippen LogP contribution is -2.16. The Bertz CT molecular complexity index is 1080. The topological polar surface area (TPSA) is 130 Å². The molecular weight excluding hydrogens is 428 g/mol. The molecule has 0 aliphatic carbocycles. The number of aromatic nitrogens is 2. The molecule has 2 heterocycles. The summed E-state index contributed by atoms with van der Waals surface area (Å²) in [5.41, 5.74) is 0.779. The molecule has 3 aromatic rings. The minimum absolute atomic E-state index is 0.0288. The Labute approximate surface area is 191 Å². The van der Waals surface area contributed by atoms with Gasteiger partial charge in [0.05, 0.1) is 18.1 Å². The van der Waals surface area contributed by atoms with Crippen LogP contribution in [0.3, 0.4) is 0 Å². The quantitative estimate of drug-likeness (QED) is 0.176. The van der Waals surface area contributed by atoms with Crippen molar-refractivity contribution in [2.75, 3.05) is 18.5 Å². The number of ether oxygens (including phenoxy) is 2. The number of anilines is 1. The molecular formula is C23H26N4O6. The molecule has 0 spiro atoms. The van der Waals surface area contributed by atoms with Crippen molar-refractivity contribution in [1.29, 1.82) is 0 Å². The van der Waals surface area contributed by atoms with Crippen molar-refractivity contribution < 1.29 is 23.6 Å². The first-order valence-corrected chi connectivity index (χ1v) is 10.7. The standard InChI is InChI=1S/C23H26N4O6/c1-3-31-23(28)18-15-33-22(26-18)17-11-12-24-21(14-17)25-16(2)8-6-7-13-32-20-10-5-4-9-19(20)27(29)30/h4-5,9-12,14-16H,3,6-8,13H2,1-2H3,(H,24,25). The minimum Gasteiger partial charge on any atom is -0.487 e. The monoisotopic (exact) mass is 454 g/mol. The summed E-state index contributed by atoms with van der Waals surface area (Å²) in [5, 5.41) is 14.4. The van der Waals surface area contributed by atoms with Gasteiger partial charge in [-0.15, -0.1) is 0 Å². The van der Waals surface area contributed by atoms with Gasteiger partial charge in [-0.2, -0.15) is 0 Å². The van der Waals surface area contributed by atoms with E-state index in [2.05, 4.69) is 15.3 Å². The maximum absolute atomic E-state index is 11.8. The van der Waals surface area contributed by atoms with Crippen LogP contribution in [0.15, 0.2) is 53.3 Å². The highest BCUT2D eigenvalue weighted by atomic mass is 16.6. The van der Waals surface area contributed by atoms with E-state index in [-0.39, 0.29) is 29.8 Å². The summed E-state index contributed by atoms with van der Waals surface area (Å²) >= 11 is 0. The molecule has 10 nitrogen and oxygen atoms in total. The van der Waals surface area contributed by atoms with Crippen LogP contribution >= 0.6 is 0 Å². The fourth-order valence-corrected chi connectivity index (χ4v) is 3.14. The zero-order valence-electron chi connectivity index (χ0n) is 18.5. The number of hydrogen-bond acceptors (Lipinski definition) is 9. The van der Waals surface area contributed by atoms with E-state index < -0.39 is 10.9 Å². The van der Waals surface area contributed by atoms with Crippen molar-refractivity contribution in [2.45, 2.75) is 39.2 Å². The van der Waals surface area contributed by atoms with E-state index in [0.29, 0.717) is 23.9 Å². The molecule has 0 saturated heterocycles. The second-order valence-corrected chi connectivity index (χ2v) is 7.30. The third-order valence-electron chi connectivity index (χ3n) is 4.74. The molecule has 0 aliphatic heterocycles. The van der Waals surface area contributed by atoms with Gasteiger partial charge in [0.1, 0.15) is 12.1 Å². The number of hydrogen-bond donors (Lipinski definition) is 1. The first-order chi connectivity index (χ1) is 16.0. The molecule has 0 aliphatic rings. The van der Waals surface area contributed by atoms with Gasteiger partial charge in [0.25, 0.3) is 0 Å². The van der Waals surface area contributed by atoms with E-state index in [1.165, 1.54) is 12.3 Å². The molecule has 1 unspecified atom stereocenters. The summed E-state index contributed by atoms with van der Waals surface area (Å²) < 4.78 is 15.9. The number of carbonyl (C=O) groups is 1. The number of para-hydroxylation sites is 2. The second-order valence-electron chi connectivity index (χ2n) is 7.30. The lowest BCUT2D eigenvalue weighted by atomic mass is 10.1. The largest absolute Gasteiger partial charge is 0.487 e. The van der Waals surface area contributed by atoms with Gasteiger partial charge in [0, 0.05) is 23.9 Å². The molecule has 0 bridgehead atoms. The molecule has 33 heavy (non-hydrogen) atoms. The van der Waals surface area contributed by atoms with Crippen molar-refractivity contribution in [1.82, 2.24) is 9.97 Å². The van der Waals surface area contributed by atoms with Crippen LogP contribution in [0.2, 0.25) is 0 Å². The van der Waals surface area contributed by atoms with Crippen LogP contribution in [-0.4, -0.2) is 40.1 Å². The van der Waals surface area contributed by atoms with Crippen molar-refractivity contribution in [2.24, 2.45) is 0 Å². The molecule has 0 radical (unpaired) electrons. The molecule has 0 saturated carbocycles. The first kappa shape index (κ1) is 23.7. The van der Waals surface area contributed by atoms with E-state index >= 15 is 0 Å². The molecule has 0 fully saturated rings. The Morgan fingerprint density at radius 1 is 1.27 bits per heavy atom. The fourth-order valence-electron chi connectivity index (χ4n) is 3.14. The van der Waals surface area contributed by atoms with E-state index in [4.69, 9.17) is 13.9 Å². The van der Waals surface area contributed by atoms with Crippen LogP contribution in [0.1, 0.15) is 43.6 Å². The smallest absolute Gasteiger partial charge is 0.360 e. The summed E-state index contributed by atoms with van der Waals surface area (Å²) in [6, 6.07) is 10.0. The number of benzene rings is 1. The van der Waals surface area contributed by atoms with E-state index in [9.17, 15) is 14.9 Å². The molecule has 1 N–H and O–H groups in total. The molecule has 2 aromatic heterocycles. The number of carbonyl (C=O) groups excluding carboxylic acids is 1. The zero-order chi connectivity index (χ0) is 23.6. The molecule has 10 heteroatoms. The summed E-state index contributed by atoms with van der Waals surface area (Å²) in [5.74, 6) is 0.724. The molecule has 1 atom stereocenters. The third-order valence-corrected chi connectivity index (χ3v) is 4.74. The summed E-state index contributed by atoms with van der Waals surface area (Å²) in [6.45, 7) is 4.43. The average molecular weight is 454 g/mol. The van der Waals surface area contributed by atoms with Crippen LogP contribution in [0.25, 0.3) is 11.5 Å². The number of nitro benzene ring substituents is 1. The van der Waals surface area contributed by atoms with Gasteiger partial charge in [-0.3, -0.25) is 10.1 Å². The second kappa shape index (κ2) is 11.6. The minimum atomic E-state index is -0.528. The number of rotatable bonds is 12. The SMILES string of the molecule is CCOC(=O)c1coc(-c2ccnc(NC(C)CCCCOc3ccccc3[N+](=O)[O-])c2)n1. The lowest BCUT2D eigenvalue weighted by Gasteiger charge is -2.15. The van der Waals surface area contributed by atoms with Gasteiger partial charge in [0.2, 0.25) is 5.89 Å². The van der Waals surface area contributed by atoms with Gasteiger partial charge >= 0.3 is 11.7 Å². The predicted molar refractivity (Wildman–Crippen MR) is 121 cm³/mol.